The standard InChI is InChI=1S/C40H43N5O7S/c46-25-27-13-15-29(16-14-27)36-23-35(26-53-40-42-43-44-45(40)33-17-19-34(47)20-18-33)51-39(52-36)32-10-6-9-31(22-32)30-8-5-7-28(21-30)24-41-37(48)11-3-1-2-4-12-38(49)50/h5-10,13-22,35-36,39,46-47H,1-4,11-12,23-26H2,(H,41,48)(H,49,50). The summed E-state index contributed by atoms with van der Waals surface area (Å²) >= 11 is 1.48. The van der Waals surface area contributed by atoms with Crippen LogP contribution in [0.4, 0.5) is 0 Å². The van der Waals surface area contributed by atoms with Crippen molar-refractivity contribution in [3.8, 4) is 22.6 Å². The number of carboxylic acids is 1. The van der Waals surface area contributed by atoms with Gasteiger partial charge in [-0.15, -0.1) is 5.10 Å². The molecular weight excluding hydrogens is 695 g/mol. The van der Waals surface area contributed by atoms with E-state index in [9.17, 15) is 19.8 Å². The molecule has 2 heterocycles. The lowest BCUT2D eigenvalue weighted by Crippen LogP contribution is -2.31. The number of aliphatic carboxylic acids is 1. The van der Waals surface area contributed by atoms with E-state index in [1.54, 1.807) is 28.9 Å². The lowest BCUT2D eigenvalue weighted by atomic mass is 9.99. The van der Waals surface area contributed by atoms with Crippen LogP contribution in [-0.4, -0.2) is 59.3 Å². The van der Waals surface area contributed by atoms with Crippen LogP contribution in [-0.2, 0) is 32.2 Å². The van der Waals surface area contributed by atoms with Crippen LogP contribution in [0.1, 0.15) is 79.6 Å². The molecule has 3 atom stereocenters. The SMILES string of the molecule is O=C(O)CCCCCCC(=O)NCc1cccc(-c2cccc(C3OC(CSc4nnnn4-c4ccc(O)cc4)CC(c4ccc(CO)cc4)O3)c2)c1. The van der Waals surface area contributed by atoms with E-state index in [2.05, 4.69) is 33.0 Å². The van der Waals surface area contributed by atoms with E-state index in [0.29, 0.717) is 36.7 Å². The topological polar surface area (TPSA) is 169 Å². The maximum absolute atomic E-state index is 12.5. The minimum atomic E-state index is -0.786. The van der Waals surface area contributed by atoms with Gasteiger partial charge in [-0.25, -0.2) is 0 Å². The van der Waals surface area contributed by atoms with Gasteiger partial charge in [0.25, 0.3) is 0 Å². The molecule has 1 aliphatic rings. The Labute approximate surface area is 312 Å². The van der Waals surface area contributed by atoms with Crippen LogP contribution in [0.3, 0.4) is 0 Å². The zero-order chi connectivity index (χ0) is 37.0. The number of thioether (sulfide) groups is 1. The van der Waals surface area contributed by atoms with E-state index in [4.69, 9.17) is 14.6 Å². The van der Waals surface area contributed by atoms with Crippen LogP contribution < -0.4 is 5.32 Å². The minimum Gasteiger partial charge on any atom is -0.508 e. The maximum atomic E-state index is 12.5. The average molecular weight is 738 g/mol. The number of aromatic hydroxyl groups is 1. The molecule has 53 heavy (non-hydrogen) atoms. The first-order valence-corrected chi connectivity index (χ1v) is 18.7. The highest BCUT2D eigenvalue weighted by molar-refractivity contribution is 7.99. The molecule has 0 spiro atoms. The molecule has 12 nitrogen and oxygen atoms in total. The molecule has 4 N–H and O–H groups in total. The lowest BCUT2D eigenvalue weighted by Gasteiger charge is -2.36. The summed E-state index contributed by atoms with van der Waals surface area (Å²) in [6, 6.07) is 30.6. The van der Waals surface area contributed by atoms with Gasteiger partial charge in [0, 0.05) is 37.1 Å². The molecule has 1 saturated heterocycles. The van der Waals surface area contributed by atoms with Crippen molar-refractivity contribution in [3.63, 3.8) is 0 Å². The minimum absolute atomic E-state index is 0.0210. The van der Waals surface area contributed by atoms with Crippen molar-refractivity contribution in [3.05, 3.63) is 119 Å². The number of nitrogens with one attached hydrogen (secondary N) is 1. The highest BCUT2D eigenvalue weighted by Gasteiger charge is 2.33. The van der Waals surface area contributed by atoms with E-state index < -0.39 is 12.3 Å². The number of phenolic OH excluding ortho intramolecular Hbond substituents is 1. The Morgan fingerprint density at radius 2 is 1.57 bits per heavy atom. The molecule has 13 heteroatoms. The molecule has 0 aliphatic carbocycles. The van der Waals surface area contributed by atoms with Gasteiger partial charge in [-0.05, 0) is 87.5 Å². The summed E-state index contributed by atoms with van der Waals surface area (Å²) in [5, 5.41) is 43.9. The van der Waals surface area contributed by atoms with Gasteiger partial charge < -0.3 is 30.1 Å². The second kappa shape index (κ2) is 18.6. The number of amides is 1. The van der Waals surface area contributed by atoms with Crippen LogP contribution in [0.2, 0.25) is 0 Å². The Balaban J connectivity index is 1.13. The quantitative estimate of drug-likeness (QED) is 0.0578. The number of unbranched alkanes of at least 4 members (excludes halogenated alkanes) is 3. The smallest absolute Gasteiger partial charge is 0.303 e. The van der Waals surface area contributed by atoms with Gasteiger partial charge in [0.05, 0.1) is 24.5 Å². The van der Waals surface area contributed by atoms with Gasteiger partial charge in [-0.3, -0.25) is 9.59 Å². The van der Waals surface area contributed by atoms with Gasteiger partial charge in [-0.1, -0.05) is 85.3 Å². The van der Waals surface area contributed by atoms with E-state index in [1.807, 2.05) is 60.7 Å². The number of aliphatic hydroxyl groups is 1. The maximum Gasteiger partial charge on any atom is 0.303 e. The van der Waals surface area contributed by atoms with Gasteiger partial charge in [0.2, 0.25) is 11.1 Å². The number of ether oxygens (including phenoxy) is 2. The summed E-state index contributed by atoms with van der Waals surface area (Å²) < 4.78 is 14.8. The zero-order valence-corrected chi connectivity index (χ0v) is 30.0. The van der Waals surface area contributed by atoms with Crippen LogP contribution in [0, 0.1) is 0 Å². The number of hydrogen-bond donors (Lipinski definition) is 4. The number of nitrogens with zero attached hydrogens (tertiary/aromatic N) is 4. The van der Waals surface area contributed by atoms with Crippen LogP contribution in [0.25, 0.3) is 16.8 Å². The third-order valence-corrected chi connectivity index (χ3v) is 10.1. The first-order chi connectivity index (χ1) is 25.8. The van der Waals surface area contributed by atoms with Crippen molar-refractivity contribution in [2.45, 2.75) is 81.8 Å². The number of rotatable bonds is 17. The number of aliphatic hydroxyl groups excluding tert-OH is 1. The molecule has 1 aromatic heterocycles. The Hall–Kier alpha value is -5.08. The molecular formula is C40H43N5O7S. The number of aromatic nitrogens is 4. The predicted octanol–water partition coefficient (Wildman–Crippen LogP) is 6.91. The van der Waals surface area contributed by atoms with Gasteiger partial charge in [0.15, 0.2) is 6.29 Å². The number of phenols is 1. The molecule has 6 rings (SSSR count). The van der Waals surface area contributed by atoms with Gasteiger partial charge in [0.1, 0.15) is 5.75 Å². The molecule has 0 saturated carbocycles. The van der Waals surface area contributed by atoms with Gasteiger partial charge in [-0.2, -0.15) is 4.68 Å². The summed E-state index contributed by atoms with van der Waals surface area (Å²) in [6.45, 7) is 0.372. The molecule has 276 valence electrons. The molecule has 5 aromatic rings. The average Bonchev–Trinajstić information content (AvgIpc) is 3.66. The van der Waals surface area contributed by atoms with Crippen molar-refractivity contribution in [1.82, 2.24) is 25.5 Å². The largest absolute Gasteiger partial charge is 0.508 e. The number of hydrogen-bond acceptors (Lipinski definition) is 10. The summed E-state index contributed by atoms with van der Waals surface area (Å²) in [4.78, 5) is 23.1. The van der Waals surface area contributed by atoms with Crippen molar-refractivity contribution in [2.24, 2.45) is 0 Å². The number of benzene rings is 4. The Morgan fingerprint density at radius 1 is 0.830 bits per heavy atom. The summed E-state index contributed by atoms with van der Waals surface area (Å²) in [5.74, 6) is -0.0901. The molecule has 1 amide bonds. The molecule has 4 aromatic carbocycles. The van der Waals surface area contributed by atoms with E-state index >= 15 is 0 Å². The molecule has 1 aliphatic heterocycles. The normalized spacial score (nSPS) is 17.0. The van der Waals surface area contributed by atoms with Crippen molar-refractivity contribution in [2.75, 3.05) is 5.75 Å². The Bertz CT molecular complexity index is 1950. The van der Waals surface area contributed by atoms with Crippen LogP contribution in [0.5, 0.6) is 5.75 Å². The van der Waals surface area contributed by atoms with E-state index in [-0.39, 0.29) is 36.9 Å². The first kappa shape index (κ1) is 37.7. The molecule has 0 radical (unpaired) electrons. The summed E-state index contributed by atoms with van der Waals surface area (Å²) in [6.07, 6.45) is 3.05. The third kappa shape index (κ3) is 10.7. The highest BCUT2D eigenvalue weighted by Crippen LogP contribution is 2.40. The zero-order valence-electron chi connectivity index (χ0n) is 29.2. The Kier molecular flexibility index (Phi) is 13.2. The second-order valence-electron chi connectivity index (χ2n) is 13.0. The fraction of sp³-hybridized carbons (Fsp3) is 0.325. The van der Waals surface area contributed by atoms with Crippen molar-refractivity contribution in [1.29, 1.82) is 0 Å². The molecule has 3 unspecified atom stereocenters. The number of carbonyl (C=O) groups excluding carboxylic acids is 1. The van der Waals surface area contributed by atoms with Gasteiger partial charge >= 0.3 is 5.97 Å². The molecule has 0 bridgehead atoms. The van der Waals surface area contributed by atoms with E-state index in [1.165, 1.54) is 11.8 Å². The molecule has 1 fully saturated rings. The highest BCUT2D eigenvalue weighted by atomic mass is 32.2. The van der Waals surface area contributed by atoms with Crippen molar-refractivity contribution >= 4 is 23.6 Å². The predicted molar refractivity (Wildman–Crippen MR) is 199 cm³/mol. The fourth-order valence-corrected chi connectivity index (χ4v) is 7.05. The second-order valence-corrected chi connectivity index (χ2v) is 13.9. The fourth-order valence-electron chi connectivity index (χ4n) is 6.15. The summed E-state index contributed by atoms with van der Waals surface area (Å²) in [7, 11) is 0. The number of carbonyl (C=O) groups is 2. The number of tetrazole rings is 1. The van der Waals surface area contributed by atoms with Crippen LogP contribution >= 0.6 is 11.8 Å². The number of carboxylic acid groups (broad SMARTS) is 1. The van der Waals surface area contributed by atoms with Crippen molar-refractivity contribution < 1.29 is 34.4 Å². The summed E-state index contributed by atoms with van der Waals surface area (Å²) in [5.41, 5.74) is 6.37. The third-order valence-electron chi connectivity index (χ3n) is 9.00. The van der Waals surface area contributed by atoms with Crippen LogP contribution in [0.15, 0.2) is 102 Å². The first-order valence-electron chi connectivity index (χ1n) is 17.7. The van der Waals surface area contributed by atoms with E-state index in [0.717, 1.165) is 58.3 Å². The monoisotopic (exact) mass is 737 g/mol. The Morgan fingerprint density at radius 3 is 2.32 bits per heavy atom. The lowest BCUT2D eigenvalue weighted by molar-refractivity contribution is -0.245.